The SMILES string of the molecule is CN(C)C(CNC(=S)Nc1ccc(C(F)(F)F)cc1)c1cccnc1. The number of likely N-dealkylation sites (N-methyl/N-ethyl adjacent to an activating group) is 1. The molecule has 2 N–H and O–H groups in total. The van der Waals surface area contributed by atoms with Crippen molar-refractivity contribution in [2.75, 3.05) is 26.0 Å². The Hall–Kier alpha value is -2.19. The molecule has 0 saturated heterocycles. The average molecular weight is 368 g/mol. The molecule has 0 bridgehead atoms. The number of alkyl halides is 3. The van der Waals surface area contributed by atoms with Crippen LogP contribution in [0.1, 0.15) is 17.2 Å². The summed E-state index contributed by atoms with van der Waals surface area (Å²) >= 11 is 5.22. The molecule has 1 unspecified atom stereocenters. The zero-order valence-electron chi connectivity index (χ0n) is 13.8. The number of pyridine rings is 1. The van der Waals surface area contributed by atoms with Gasteiger partial charge in [0.25, 0.3) is 0 Å². The molecule has 134 valence electrons. The number of benzene rings is 1. The lowest BCUT2D eigenvalue weighted by atomic mass is 10.1. The standard InChI is InChI=1S/C17H19F3N4S/c1-24(2)15(12-4-3-9-21-10-12)11-22-16(25)23-14-7-5-13(6-8-14)17(18,19)20/h3-10,15H,11H2,1-2H3,(H2,22,23,25). The molecule has 1 aromatic carbocycles. The Morgan fingerprint density at radius 2 is 1.88 bits per heavy atom. The Morgan fingerprint density at radius 3 is 2.40 bits per heavy atom. The van der Waals surface area contributed by atoms with Crippen LogP contribution in [-0.2, 0) is 6.18 Å². The summed E-state index contributed by atoms with van der Waals surface area (Å²) in [6, 6.07) is 8.63. The van der Waals surface area contributed by atoms with Crippen LogP contribution < -0.4 is 10.6 Å². The van der Waals surface area contributed by atoms with Crippen LogP contribution in [0, 0.1) is 0 Å². The fourth-order valence-electron chi connectivity index (χ4n) is 2.28. The zero-order valence-corrected chi connectivity index (χ0v) is 14.7. The maximum absolute atomic E-state index is 12.6. The molecule has 4 nitrogen and oxygen atoms in total. The number of anilines is 1. The Morgan fingerprint density at radius 1 is 1.20 bits per heavy atom. The van der Waals surface area contributed by atoms with Crippen LogP contribution in [0.25, 0.3) is 0 Å². The van der Waals surface area contributed by atoms with E-state index >= 15 is 0 Å². The predicted octanol–water partition coefficient (Wildman–Crippen LogP) is 3.69. The van der Waals surface area contributed by atoms with Crippen molar-refractivity contribution in [3.63, 3.8) is 0 Å². The van der Waals surface area contributed by atoms with Gasteiger partial charge in [-0.1, -0.05) is 6.07 Å². The molecule has 0 aliphatic heterocycles. The number of nitrogens with zero attached hydrogens (tertiary/aromatic N) is 2. The maximum Gasteiger partial charge on any atom is 0.416 e. The zero-order chi connectivity index (χ0) is 18.4. The van der Waals surface area contributed by atoms with Crippen molar-refractivity contribution in [1.82, 2.24) is 15.2 Å². The first-order valence-corrected chi connectivity index (χ1v) is 7.96. The summed E-state index contributed by atoms with van der Waals surface area (Å²) in [5.41, 5.74) is 0.840. The smallest absolute Gasteiger partial charge is 0.361 e. The fraction of sp³-hybridized carbons (Fsp3) is 0.294. The lowest BCUT2D eigenvalue weighted by Crippen LogP contribution is -2.36. The van der Waals surface area contributed by atoms with Gasteiger partial charge in [-0.3, -0.25) is 4.98 Å². The highest BCUT2D eigenvalue weighted by Crippen LogP contribution is 2.29. The van der Waals surface area contributed by atoms with E-state index in [-0.39, 0.29) is 6.04 Å². The quantitative estimate of drug-likeness (QED) is 0.788. The normalized spacial score (nSPS) is 12.7. The van der Waals surface area contributed by atoms with Gasteiger partial charge in [0.1, 0.15) is 0 Å². The molecule has 25 heavy (non-hydrogen) atoms. The van der Waals surface area contributed by atoms with Gasteiger partial charge in [0.15, 0.2) is 5.11 Å². The second kappa shape index (κ2) is 8.26. The molecule has 1 atom stereocenters. The van der Waals surface area contributed by atoms with Crippen LogP contribution in [0.15, 0.2) is 48.8 Å². The van der Waals surface area contributed by atoms with Crippen molar-refractivity contribution >= 4 is 23.0 Å². The van der Waals surface area contributed by atoms with E-state index in [1.807, 2.05) is 31.1 Å². The molecule has 0 saturated carbocycles. The molecule has 0 aliphatic rings. The number of hydrogen-bond acceptors (Lipinski definition) is 3. The van der Waals surface area contributed by atoms with E-state index in [0.29, 0.717) is 17.3 Å². The minimum Gasteiger partial charge on any atom is -0.361 e. The lowest BCUT2D eigenvalue weighted by molar-refractivity contribution is -0.137. The Labute approximate surface area is 150 Å². The first-order valence-electron chi connectivity index (χ1n) is 7.56. The van der Waals surface area contributed by atoms with Crippen LogP contribution in [-0.4, -0.2) is 35.6 Å². The van der Waals surface area contributed by atoms with E-state index in [9.17, 15) is 13.2 Å². The van der Waals surface area contributed by atoms with Crippen LogP contribution in [0.4, 0.5) is 18.9 Å². The van der Waals surface area contributed by atoms with Crippen molar-refractivity contribution in [3.8, 4) is 0 Å². The summed E-state index contributed by atoms with van der Waals surface area (Å²) in [7, 11) is 3.90. The van der Waals surface area contributed by atoms with Gasteiger partial charge in [0, 0.05) is 24.6 Å². The number of aromatic nitrogens is 1. The van der Waals surface area contributed by atoms with Crippen molar-refractivity contribution in [2.45, 2.75) is 12.2 Å². The third-order valence-corrected chi connectivity index (χ3v) is 3.86. The molecule has 0 spiro atoms. The van der Waals surface area contributed by atoms with E-state index < -0.39 is 11.7 Å². The summed E-state index contributed by atoms with van der Waals surface area (Å²) in [5.74, 6) is 0. The third kappa shape index (κ3) is 5.68. The number of rotatable bonds is 5. The molecule has 1 heterocycles. The molecular weight excluding hydrogens is 349 g/mol. The Balaban J connectivity index is 1.93. The van der Waals surface area contributed by atoms with Gasteiger partial charge < -0.3 is 15.5 Å². The maximum atomic E-state index is 12.6. The van der Waals surface area contributed by atoms with Gasteiger partial charge in [0.05, 0.1) is 11.6 Å². The molecule has 0 radical (unpaired) electrons. The van der Waals surface area contributed by atoms with Crippen molar-refractivity contribution < 1.29 is 13.2 Å². The topological polar surface area (TPSA) is 40.2 Å². The van der Waals surface area contributed by atoms with E-state index in [0.717, 1.165) is 17.7 Å². The van der Waals surface area contributed by atoms with E-state index in [1.54, 1.807) is 12.4 Å². The first kappa shape index (κ1) is 19.1. The molecule has 0 aliphatic carbocycles. The van der Waals surface area contributed by atoms with E-state index in [1.165, 1.54) is 12.1 Å². The molecular formula is C17H19F3N4S. The first-order chi connectivity index (χ1) is 11.8. The van der Waals surface area contributed by atoms with Crippen LogP contribution in [0.3, 0.4) is 0 Å². The third-order valence-electron chi connectivity index (χ3n) is 3.62. The second-order valence-electron chi connectivity index (χ2n) is 5.68. The highest BCUT2D eigenvalue weighted by Gasteiger charge is 2.29. The van der Waals surface area contributed by atoms with Crippen molar-refractivity contribution in [1.29, 1.82) is 0 Å². The van der Waals surface area contributed by atoms with Gasteiger partial charge in [-0.25, -0.2) is 0 Å². The van der Waals surface area contributed by atoms with E-state index in [4.69, 9.17) is 12.2 Å². The number of nitrogens with one attached hydrogen (secondary N) is 2. The average Bonchev–Trinajstić information content (AvgIpc) is 2.55. The second-order valence-corrected chi connectivity index (χ2v) is 6.08. The number of hydrogen-bond donors (Lipinski definition) is 2. The molecule has 2 aromatic rings. The number of halogens is 3. The fourth-order valence-corrected chi connectivity index (χ4v) is 2.48. The summed E-state index contributed by atoms with van der Waals surface area (Å²) in [6.07, 6.45) is -0.848. The summed E-state index contributed by atoms with van der Waals surface area (Å²) in [5, 5.41) is 6.31. The molecule has 2 rings (SSSR count). The van der Waals surface area contributed by atoms with Gasteiger partial charge >= 0.3 is 6.18 Å². The van der Waals surface area contributed by atoms with Crippen LogP contribution >= 0.6 is 12.2 Å². The monoisotopic (exact) mass is 368 g/mol. The molecule has 1 aromatic heterocycles. The van der Waals surface area contributed by atoms with Gasteiger partial charge in [-0.2, -0.15) is 13.2 Å². The lowest BCUT2D eigenvalue weighted by Gasteiger charge is -2.25. The Bertz CT molecular complexity index is 687. The van der Waals surface area contributed by atoms with Crippen molar-refractivity contribution in [2.24, 2.45) is 0 Å². The molecule has 0 amide bonds. The highest BCUT2D eigenvalue weighted by molar-refractivity contribution is 7.80. The summed E-state index contributed by atoms with van der Waals surface area (Å²) in [4.78, 5) is 6.15. The van der Waals surface area contributed by atoms with Crippen LogP contribution in [0.5, 0.6) is 0 Å². The van der Waals surface area contributed by atoms with Crippen molar-refractivity contribution in [3.05, 3.63) is 59.9 Å². The predicted molar refractivity (Wildman–Crippen MR) is 96.3 cm³/mol. The van der Waals surface area contributed by atoms with Crippen LogP contribution in [0.2, 0.25) is 0 Å². The highest BCUT2D eigenvalue weighted by atomic mass is 32.1. The molecule has 8 heteroatoms. The largest absolute Gasteiger partial charge is 0.416 e. The van der Waals surface area contributed by atoms with Gasteiger partial charge in [-0.05, 0) is 62.2 Å². The summed E-state index contributed by atoms with van der Waals surface area (Å²) in [6.45, 7) is 0.533. The Kier molecular flexibility index (Phi) is 6.33. The van der Waals surface area contributed by atoms with E-state index in [2.05, 4.69) is 15.6 Å². The van der Waals surface area contributed by atoms with Gasteiger partial charge in [-0.15, -0.1) is 0 Å². The summed E-state index contributed by atoms with van der Waals surface area (Å²) < 4.78 is 37.7. The number of thiocarbonyl (C=S) groups is 1. The molecule has 0 fully saturated rings. The van der Waals surface area contributed by atoms with Gasteiger partial charge in [0.2, 0.25) is 0 Å². The minimum absolute atomic E-state index is 0.0565. The minimum atomic E-state index is -4.35.